The molecule has 2 saturated carbocycles. The monoisotopic (exact) mass is 373 g/mol. The number of methoxy groups -OCH3 is 1. The highest BCUT2D eigenvalue weighted by Crippen LogP contribution is 2.44. The first-order chi connectivity index (χ1) is 12.7. The molecule has 1 aliphatic heterocycles. The van der Waals surface area contributed by atoms with Crippen LogP contribution in [-0.4, -0.2) is 42.8 Å². The highest BCUT2D eigenvalue weighted by atomic mass is 32.1. The molecule has 1 saturated heterocycles. The number of nitrogens with zero attached hydrogens (tertiary/aromatic N) is 1. The summed E-state index contributed by atoms with van der Waals surface area (Å²) in [7, 11) is 1.72. The highest BCUT2D eigenvalue weighted by Gasteiger charge is 2.39. The van der Waals surface area contributed by atoms with Gasteiger partial charge in [0.15, 0.2) is 5.11 Å². The Labute approximate surface area is 162 Å². The molecule has 2 bridgehead atoms. The zero-order chi connectivity index (χ0) is 17.9. The molecule has 4 atom stereocenters. The molecule has 1 aromatic carbocycles. The summed E-state index contributed by atoms with van der Waals surface area (Å²) in [6.45, 7) is 3.20. The molecule has 26 heavy (non-hydrogen) atoms. The van der Waals surface area contributed by atoms with Gasteiger partial charge in [-0.15, -0.1) is 0 Å². The second kappa shape index (κ2) is 8.13. The molecule has 0 radical (unpaired) electrons. The normalized spacial score (nSPS) is 28.9. The van der Waals surface area contributed by atoms with Gasteiger partial charge in [-0.1, -0.05) is 18.6 Å². The summed E-state index contributed by atoms with van der Waals surface area (Å²) in [4.78, 5) is 2.58. The van der Waals surface area contributed by atoms with Gasteiger partial charge in [0.1, 0.15) is 5.75 Å². The van der Waals surface area contributed by atoms with Gasteiger partial charge in [-0.2, -0.15) is 0 Å². The van der Waals surface area contributed by atoms with E-state index in [2.05, 4.69) is 39.8 Å². The van der Waals surface area contributed by atoms with Crippen LogP contribution in [0.15, 0.2) is 24.3 Å². The van der Waals surface area contributed by atoms with E-state index < -0.39 is 0 Å². The van der Waals surface area contributed by atoms with Crippen LogP contribution in [0.3, 0.4) is 0 Å². The predicted octanol–water partition coefficient (Wildman–Crippen LogP) is 3.48. The molecule has 3 aliphatic rings. The topological polar surface area (TPSA) is 36.5 Å². The molecule has 142 valence electrons. The van der Waals surface area contributed by atoms with Crippen molar-refractivity contribution in [2.45, 2.75) is 50.6 Å². The summed E-state index contributed by atoms with van der Waals surface area (Å²) in [5.41, 5.74) is 1.34. The Hall–Kier alpha value is -1.33. The number of hydrogen-bond acceptors (Lipinski definition) is 3. The van der Waals surface area contributed by atoms with E-state index in [0.29, 0.717) is 12.1 Å². The molecule has 3 fully saturated rings. The molecule has 4 nitrogen and oxygen atoms in total. The molecule has 0 unspecified atom stereocenters. The molecular weight excluding hydrogens is 342 g/mol. The maximum Gasteiger partial charge on any atom is 0.166 e. The van der Waals surface area contributed by atoms with Crippen molar-refractivity contribution >= 4 is 17.3 Å². The second-order valence-corrected chi connectivity index (χ2v) is 8.58. The highest BCUT2D eigenvalue weighted by molar-refractivity contribution is 7.80. The first kappa shape index (κ1) is 18.1. The zero-order valence-corrected chi connectivity index (χ0v) is 16.6. The number of benzene rings is 1. The fourth-order valence-corrected chi connectivity index (χ4v) is 5.40. The van der Waals surface area contributed by atoms with Gasteiger partial charge < -0.3 is 15.4 Å². The summed E-state index contributed by atoms with van der Waals surface area (Å²) < 4.78 is 5.31. The number of ether oxygens (including phenoxy) is 1. The van der Waals surface area contributed by atoms with Crippen molar-refractivity contribution < 1.29 is 4.74 Å². The third-order valence-electron chi connectivity index (χ3n) is 6.59. The maximum atomic E-state index is 5.63. The molecule has 4 rings (SSSR count). The van der Waals surface area contributed by atoms with Crippen molar-refractivity contribution in [3.05, 3.63) is 29.8 Å². The zero-order valence-electron chi connectivity index (χ0n) is 15.7. The first-order valence-corrected chi connectivity index (χ1v) is 10.6. The van der Waals surface area contributed by atoms with Crippen LogP contribution in [0.5, 0.6) is 5.75 Å². The van der Waals surface area contributed by atoms with E-state index in [1.165, 1.54) is 57.2 Å². The van der Waals surface area contributed by atoms with Crippen molar-refractivity contribution in [1.82, 2.24) is 15.5 Å². The lowest BCUT2D eigenvalue weighted by atomic mass is 9.95. The smallest absolute Gasteiger partial charge is 0.166 e. The Morgan fingerprint density at radius 1 is 1.19 bits per heavy atom. The number of thiocarbonyl (C=S) groups is 1. The first-order valence-electron chi connectivity index (χ1n) is 10.2. The van der Waals surface area contributed by atoms with Crippen molar-refractivity contribution in [3.8, 4) is 5.75 Å². The SMILES string of the molecule is COc1ccc([C@H](CNC(=S)N[C@@H]2C[C@H]3CC[C@H]2C3)N2CCCC2)cc1. The predicted molar refractivity (Wildman–Crippen MR) is 110 cm³/mol. The van der Waals surface area contributed by atoms with Crippen molar-refractivity contribution in [1.29, 1.82) is 0 Å². The van der Waals surface area contributed by atoms with Gasteiger partial charge in [-0.25, -0.2) is 0 Å². The minimum atomic E-state index is 0.364. The fourth-order valence-electron chi connectivity index (χ4n) is 5.17. The quantitative estimate of drug-likeness (QED) is 0.747. The summed E-state index contributed by atoms with van der Waals surface area (Å²) in [6, 6.07) is 9.46. The third kappa shape index (κ3) is 3.99. The number of rotatable bonds is 6. The van der Waals surface area contributed by atoms with Gasteiger partial charge in [0.05, 0.1) is 13.2 Å². The molecule has 0 spiro atoms. The Balaban J connectivity index is 1.35. The van der Waals surface area contributed by atoms with Crippen LogP contribution in [0.4, 0.5) is 0 Å². The number of nitrogens with one attached hydrogen (secondary N) is 2. The van der Waals surface area contributed by atoms with E-state index in [-0.39, 0.29) is 0 Å². The number of hydrogen-bond donors (Lipinski definition) is 2. The van der Waals surface area contributed by atoms with Gasteiger partial charge in [-0.3, -0.25) is 4.90 Å². The summed E-state index contributed by atoms with van der Waals surface area (Å²) in [5.74, 6) is 2.70. The van der Waals surface area contributed by atoms with E-state index in [0.717, 1.165) is 29.2 Å². The van der Waals surface area contributed by atoms with Gasteiger partial charge in [0.25, 0.3) is 0 Å². The van der Waals surface area contributed by atoms with E-state index in [1.54, 1.807) is 7.11 Å². The van der Waals surface area contributed by atoms with Crippen LogP contribution in [0.1, 0.15) is 50.1 Å². The van der Waals surface area contributed by atoms with Crippen LogP contribution in [0, 0.1) is 11.8 Å². The molecular formula is C21H31N3OS. The minimum Gasteiger partial charge on any atom is -0.497 e. The lowest BCUT2D eigenvalue weighted by Gasteiger charge is -2.30. The minimum absolute atomic E-state index is 0.364. The third-order valence-corrected chi connectivity index (χ3v) is 6.85. The van der Waals surface area contributed by atoms with E-state index in [9.17, 15) is 0 Å². The van der Waals surface area contributed by atoms with Gasteiger partial charge in [0, 0.05) is 12.6 Å². The summed E-state index contributed by atoms with van der Waals surface area (Å²) >= 11 is 5.63. The van der Waals surface area contributed by atoms with Crippen LogP contribution in [-0.2, 0) is 0 Å². The molecule has 1 heterocycles. The molecule has 2 aliphatic carbocycles. The van der Waals surface area contributed by atoms with E-state index in [4.69, 9.17) is 17.0 Å². The van der Waals surface area contributed by atoms with Crippen LogP contribution in [0.2, 0.25) is 0 Å². The van der Waals surface area contributed by atoms with Crippen LogP contribution in [0.25, 0.3) is 0 Å². The number of fused-ring (bicyclic) bond motifs is 2. The van der Waals surface area contributed by atoms with Gasteiger partial charge in [0.2, 0.25) is 0 Å². The lowest BCUT2D eigenvalue weighted by molar-refractivity contribution is 0.245. The maximum absolute atomic E-state index is 5.63. The summed E-state index contributed by atoms with van der Waals surface area (Å²) in [5, 5.41) is 7.96. The van der Waals surface area contributed by atoms with Crippen molar-refractivity contribution in [2.24, 2.45) is 11.8 Å². The molecule has 5 heteroatoms. The average Bonchev–Trinajstić information content (AvgIpc) is 3.41. The Kier molecular flexibility index (Phi) is 5.65. The largest absolute Gasteiger partial charge is 0.497 e. The molecule has 1 aromatic rings. The van der Waals surface area contributed by atoms with Crippen LogP contribution >= 0.6 is 12.2 Å². The van der Waals surface area contributed by atoms with E-state index >= 15 is 0 Å². The number of likely N-dealkylation sites (tertiary alicyclic amines) is 1. The molecule has 0 amide bonds. The van der Waals surface area contributed by atoms with Crippen LogP contribution < -0.4 is 15.4 Å². The molecule has 2 N–H and O–H groups in total. The summed E-state index contributed by atoms with van der Waals surface area (Å²) in [6.07, 6.45) is 8.11. The van der Waals surface area contributed by atoms with Gasteiger partial charge in [-0.05, 0) is 86.9 Å². The Morgan fingerprint density at radius 2 is 1.96 bits per heavy atom. The van der Waals surface area contributed by atoms with Gasteiger partial charge >= 0.3 is 0 Å². The Morgan fingerprint density at radius 3 is 2.58 bits per heavy atom. The average molecular weight is 374 g/mol. The Bertz CT molecular complexity index is 614. The standard InChI is InChI=1S/C21H31N3OS/c1-25-18-8-6-16(7-9-18)20(24-10-2-3-11-24)14-22-21(26)23-19-13-15-4-5-17(19)12-15/h6-9,15,17,19-20H,2-5,10-14H2,1H3,(H2,22,23,26)/t15-,17-,19+,20-/m0/s1. The fraction of sp³-hybridized carbons (Fsp3) is 0.667. The lowest BCUT2D eigenvalue weighted by Crippen LogP contribution is -2.46. The van der Waals surface area contributed by atoms with Crippen molar-refractivity contribution in [2.75, 3.05) is 26.7 Å². The second-order valence-electron chi connectivity index (χ2n) is 8.17. The van der Waals surface area contributed by atoms with E-state index in [1.807, 2.05) is 0 Å². The van der Waals surface area contributed by atoms with Crippen molar-refractivity contribution in [3.63, 3.8) is 0 Å². The molecule has 0 aromatic heterocycles.